The molecule has 3 nitrogen and oxygen atoms in total. The third-order valence-electron chi connectivity index (χ3n) is 3.25. The lowest BCUT2D eigenvalue weighted by molar-refractivity contribution is 0.597. The topological polar surface area (TPSA) is 46.2 Å². The van der Waals surface area contributed by atoms with Crippen LogP contribution < -0.4 is 5.32 Å². The summed E-state index contributed by atoms with van der Waals surface area (Å²) in [4.78, 5) is 1.62. The zero-order valence-corrected chi connectivity index (χ0v) is 13.8. The molecule has 0 aliphatic carbocycles. The minimum absolute atomic E-state index is 0.127. The molecule has 0 saturated carbocycles. The fraction of sp³-hybridized carbons (Fsp3) is 0.250. The molecule has 0 aliphatic heterocycles. The van der Waals surface area contributed by atoms with E-state index in [9.17, 15) is 8.42 Å². The molecule has 0 saturated heterocycles. The summed E-state index contributed by atoms with van der Waals surface area (Å²) in [6.07, 6.45) is 2.05. The van der Waals surface area contributed by atoms with Crippen LogP contribution in [0.5, 0.6) is 0 Å². The van der Waals surface area contributed by atoms with Crippen molar-refractivity contribution in [3.8, 4) is 0 Å². The van der Waals surface area contributed by atoms with Crippen molar-refractivity contribution < 1.29 is 8.42 Å². The number of nitrogens with one attached hydrogen (secondary N) is 1. The van der Waals surface area contributed by atoms with Gasteiger partial charge in [-0.3, -0.25) is 0 Å². The largest absolute Gasteiger partial charge is 0.381 e. The number of thioether (sulfide) groups is 1. The molecule has 0 aliphatic rings. The summed E-state index contributed by atoms with van der Waals surface area (Å²) >= 11 is 1.72. The van der Waals surface area contributed by atoms with Crippen molar-refractivity contribution in [3.63, 3.8) is 0 Å². The maximum absolute atomic E-state index is 11.7. The maximum Gasteiger partial charge on any atom is 0.178 e. The summed E-state index contributed by atoms with van der Waals surface area (Å²) in [5.74, 6) is 0.127. The second-order valence-corrected chi connectivity index (χ2v) is 7.79. The van der Waals surface area contributed by atoms with E-state index in [0.29, 0.717) is 11.4 Å². The average Bonchev–Trinajstić information content (AvgIpc) is 2.54. The Labute approximate surface area is 130 Å². The molecular weight excluding hydrogens is 302 g/mol. The molecule has 0 aromatic heterocycles. The van der Waals surface area contributed by atoms with Gasteiger partial charge >= 0.3 is 0 Å². The van der Waals surface area contributed by atoms with Crippen molar-refractivity contribution in [1.29, 1.82) is 0 Å². The first-order valence-electron chi connectivity index (χ1n) is 6.75. The van der Waals surface area contributed by atoms with Gasteiger partial charge in [0.25, 0.3) is 0 Å². The van der Waals surface area contributed by atoms with E-state index in [-0.39, 0.29) is 5.75 Å². The van der Waals surface area contributed by atoms with Gasteiger partial charge in [-0.25, -0.2) is 8.42 Å². The first-order chi connectivity index (χ1) is 10.0. The average molecular weight is 321 g/mol. The predicted octanol–water partition coefficient (Wildman–Crippen LogP) is 3.81. The van der Waals surface area contributed by atoms with Gasteiger partial charge < -0.3 is 5.32 Å². The van der Waals surface area contributed by atoms with E-state index in [4.69, 9.17) is 0 Å². The lowest BCUT2D eigenvalue weighted by atomic mass is 10.2. The highest BCUT2D eigenvalue weighted by Gasteiger charge is 2.10. The molecule has 5 heteroatoms. The Morgan fingerprint density at radius 1 is 1.00 bits per heavy atom. The minimum atomic E-state index is -3.12. The van der Waals surface area contributed by atoms with Crippen LogP contribution in [0, 0.1) is 0 Å². The number of rotatable bonds is 6. The van der Waals surface area contributed by atoms with E-state index < -0.39 is 9.84 Å². The highest BCUT2D eigenvalue weighted by atomic mass is 32.2. The fourth-order valence-corrected chi connectivity index (χ4v) is 3.19. The van der Waals surface area contributed by atoms with Gasteiger partial charge in [-0.05, 0) is 48.2 Å². The zero-order valence-electron chi connectivity index (χ0n) is 12.2. The van der Waals surface area contributed by atoms with Crippen LogP contribution in [0.2, 0.25) is 0 Å². The molecule has 112 valence electrons. The summed E-state index contributed by atoms with van der Waals surface area (Å²) in [7, 11) is -3.12. The third kappa shape index (κ3) is 4.25. The van der Waals surface area contributed by atoms with Gasteiger partial charge in [0.05, 0.1) is 10.6 Å². The first-order valence-corrected chi connectivity index (χ1v) is 9.62. The van der Waals surface area contributed by atoms with Crippen LogP contribution in [-0.2, 0) is 16.4 Å². The van der Waals surface area contributed by atoms with E-state index in [2.05, 4.69) is 35.8 Å². The van der Waals surface area contributed by atoms with Gasteiger partial charge in [-0.15, -0.1) is 11.8 Å². The molecule has 0 fully saturated rings. The SMILES string of the molecule is CCS(=O)(=O)c1ccc(NCc2ccc(SC)cc2)cc1. The molecule has 21 heavy (non-hydrogen) atoms. The molecule has 1 N–H and O–H groups in total. The Morgan fingerprint density at radius 3 is 2.14 bits per heavy atom. The van der Waals surface area contributed by atoms with Crippen molar-refractivity contribution in [2.45, 2.75) is 23.3 Å². The van der Waals surface area contributed by atoms with Crippen molar-refractivity contribution >= 4 is 27.3 Å². The summed E-state index contributed by atoms with van der Waals surface area (Å²) in [6, 6.07) is 15.3. The number of sulfone groups is 1. The standard InChI is InChI=1S/C16H19NO2S2/c1-3-21(18,19)16-10-6-14(7-11-16)17-12-13-4-8-15(20-2)9-5-13/h4-11,17H,3,12H2,1-2H3. The van der Waals surface area contributed by atoms with Gasteiger partial charge in [-0.1, -0.05) is 19.1 Å². The molecular formula is C16H19NO2S2. The van der Waals surface area contributed by atoms with Crippen LogP contribution >= 0.6 is 11.8 Å². The molecule has 0 heterocycles. The van der Waals surface area contributed by atoms with Crippen LogP contribution in [0.15, 0.2) is 58.3 Å². The first kappa shape index (κ1) is 15.9. The lowest BCUT2D eigenvalue weighted by Gasteiger charge is -2.08. The Hall–Kier alpha value is -1.46. The van der Waals surface area contributed by atoms with Crippen LogP contribution in [0.25, 0.3) is 0 Å². The number of anilines is 1. The molecule has 0 radical (unpaired) electrons. The number of hydrogen-bond donors (Lipinski definition) is 1. The van der Waals surface area contributed by atoms with Gasteiger partial charge in [0, 0.05) is 17.1 Å². The molecule has 0 amide bonds. The summed E-state index contributed by atoms with van der Waals surface area (Å²) < 4.78 is 23.5. The Bertz CT molecular complexity index is 677. The van der Waals surface area contributed by atoms with Gasteiger partial charge in [0.15, 0.2) is 9.84 Å². The van der Waals surface area contributed by atoms with Gasteiger partial charge in [-0.2, -0.15) is 0 Å². The van der Waals surface area contributed by atoms with E-state index >= 15 is 0 Å². The number of benzene rings is 2. The van der Waals surface area contributed by atoms with Crippen molar-refractivity contribution in [2.24, 2.45) is 0 Å². The van der Waals surface area contributed by atoms with Crippen LogP contribution in [0.3, 0.4) is 0 Å². The van der Waals surface area contributed by atoms with E-state index in [1.807, 2.05) is 0 Å². The molecule has 2 aromatic carbocycles. The van der Waals surface area contributed by atoms with Gasteiger partial charge in [0.2, 0.25) is 0 Å². The lowest BCUT2D eigenvalue weighted by Crippen LogP contribution is -2.04. The fourth-order valence-electron chi connectivity index (χ4n) is 1.89. The highest BCUT2D eigenvalue weighted by Crippen LogP contribution is 2.18. The molecule has 0 atom stereocenters. The van der Waals surface area contributed by atoms with E-state index in [1.165, 1.54) is 10.5 Å². The third-order valence-corrected chi connectivity index (χ3v) is 5.74. The quantitative estimate of drug-likeness (QED) is 0.822. The second-order valence-electron chi connectivity index (χ2n) is 4.63. The number of hydrogen-bond acceptors (Lipinski definition) is 4. The zero-order chi connectivity index (χ0) is 15.3. The van der Waals surface area contributed by atoms with Crippen LogP contribution in [-0.4, -0.2) is 20.4 Å². The maximum atomic E-state index is 11.7. The van der Waals surface area contributed by atoms with Crippen LogP contribution in [0.1, 0.15) is 12.5 Å². The highest BCUT2D eigenvalue weighted by molar-refractivity contribution is 7.98. The minimum Gasteiger partial charge on any atom is -0.381 e. The normalized spacial score (nSPS) is 11.3. The van der Waals surface area contributed by atoms with E-state index in [1.54, 1.807) is 43.0 Å². The summed E-state index contributed by atoms with van der Waals surface area (Å²) in [6.45, 7) is 2.37. The van der Waals surface area contributed by atoms with Crippen molar-refractivity contribution in [1.82, 2.24) is 0 Å². The van der Waals surface area contributed by atoms with Crippen molar-refractivity contribution in [3.05, 3.63) is 54.1 Å². The summed E-state index contributed by atoms with van der Waals surface area (Å²) in [5, 5.41) is 3.29. The van der Waals surface area contributed by atoms with Gasteiger partial charge in [0.1, 0.15) is 0 Å². The molecule has 0 spiro atoms. The Morgan fingerprint density at radius 2 is 1.62 bits per heavy atom. The Balaban J connectivity index is 2.00. The predicted molar refractivity (Wildman–Crippen MR) is 89.7 cm³/mol. The Kier molecular flexibility index (Phi) is 5.31. The molecule has 0 bridgehead atoms. The summed E-state index contributed by atoms with van der Waals surface area (Å²) in [5.41, 5.74) is 2.11. The second kappa shape index (κ2) is 7.00. The molecule has 2 aromatic rings. The molecule has 2 rings (SSSR count). The smallest absolute Gasteiger partial charge is 0.178 e. The monoisotopic (exact) mass is 321 g/mol. The van der Waals surface area contributed by atoms with E-state index in [0.717, 1.165) is 5.69 Å². The molecule has 0 unspecified atom stereocenters. The van der Waals surface area contributed by atoms with Crippen molar-refractivity contribution in [2.75, 3.05) is 17.3 Å². The van der Waals surface area contributed by atoms with Crippen LogP contribution in [0.4, 0.5) is 5.69 Å².